The monoisotopic (exact) mass is 574 g/mol. The Balaban J connectivity index is 1.43. The van der Waals surface area contributed by atoms with Crippen molar-refractivity contribution in [3.8, 4) is 0 Å². The van der Waals surface area contributed by atoms with E-state index in [0.717, 1.165) is 27.8 Å². The van der Waals surface area contributed by atoms with Gasteiger partial charge in [0.1, 0.15) is 6.04 Å². The third kappa shape index (κ3) is 3.54. The molecule has 2 bridgehead atoms. The highest BCUT2D eigenvalue weighted by atomic mass is 79.9. The summed E-state index contributed by atoms with van der Waals surface area (Å²) in [4.78, 5) is 43.4. The minimum absolute atomic E-state index is 0.223. The molecule has 1 aliphatic heterocycles. The van der Waals surface area contributed by atoms with Crippen LogP contribution in [0, 0.1) is 18.8 Å². The van der Waals surface area contributed by atoms with Gasteiger partial charge in [0, 0.05) is 11.6 Å². The number of carbonyl (C=O) groups excluding carboxylic acids is 3. The number of rotatable bonds is 6. The summed E-state index contributed by atoms with van der Waals surface area (Å²) >= 11 is 5.62. The molecular weight excluding hydrogens is 548 g/mol. The number of amides is 3. The number of hydrogen-bond donors (Lipinski definition) is 1. The molecule has 3 aliphatic carbocycles. The Morgan fingerprint density at radius 2 is 1.57 bits per heavy atom. The van der Waals surface area contributed by atoms with Gasteiger partial charge in [0.15, 0.2) is 0 Å². The molecule has 0 aromatic heterocycles. The predicted octanol–water partition coefficient (Wildman–Crippen LogP) is 5.45. The fourth-order valence-electron chi connectivity index (χ4n) is 6.48. The molecule has 0 radical (unpaired) electrons. The summed E-state index contributed by atoms with van der Waals surface area (Å²) in [7, 11) is 0. The lowest BCUT2D eigenvalue weighted by molar-refractivity contribution is -0.146. The number of benzene rings is 3. The minimum atomic E-state index is -0.874. The number of nitrogens with one attached hydrogen (secondary N) is 1. The second-order valence-corrected chi connectivity index (χ2v) is 12.3. The van der Waals surface area contributed by atoms with E-state index in [2.05, 4.69) is 45.5 Å². The summed E-state index contributed by atoms with van der Waals surface area (Å²) in [6, 6.07) is 22.8. The maximum absolute atomic E-state index is 14.3. The van der Waals surface area contributed by atoms with Gasteiger partial charge in [0.2, 0.25) is 17.7 Å². The zero-order valence-electron chi connectivity index (χ0n) is 20.6. The Morgan fingerprint density at radius 3 is 2.16 bits per heavy atom. The molecule has 3 aromatic rings. The molecule has 1 N–H and O–H groups in total. The Bertz CT molecular complexity index is 1370. The van der Waals surface area contributed by atoms with Crippen molar-refractivity contribution >= 4 is 51.1 Å². The first-order chi connectivity index (χ1) is 17.9. The number of alkyl halides is 1. The predicted molar refractivity (Wildman–Crippen MR) is 150 cm³/mol. The number of halogens is 1. The minimum Gasteiger partial charge on any atom is -0.324 e. The molecule has 3 amide bonds. The molecule has 1 heterocycles. The number of imide groups is 1. The molecule has 4 aliphatic rings. The van der Waals surface area contributed by atoms with Crippen LogP contribution in [-0.2, 0) is 18.7 Å². The molecule has 1 fully saturated rings. The van der Waals surface area contributed by atoms with E-state index in [-0.39, 0.29) is 23.6 Å². The van der Waals surface area contributed by atoms with Crippen LogP contribution in [0.1, 0.15) is 40.2 Å². The molecule has 7 heteroatoms. The van der Waals surface area contributed by atoms with E-state index in [9.17, 15) is 14.4 Å². The molecule has 0 saturated carbocycles. The molecule has 0 spiro atoms. The number of anilines is 1. The standard InChI is InChI=1S/C30H27BrN2O3S/c1-17-11-13-18(14-12-17)32-27(34)23(15-16-37-2)33-28(35)25-24-19-7-3-5-9-21(19)30(31,26(25)29(33)36)22-10-6-4-8-20(22)24/h3-14,23-26H,15-16H2,1-2H3,(H,32,34)/t23-,24?,25+,26-,30?/m1/s1. The second-order valence-electron chi connectivity index (χ2n) is 10.1. The maximum Gasteiger partial charge on any atom is 0.247 e. The van der Waals surface area contributed by atoms with E-state index in [1.54, 1.807) is 11.8 Å². The van der Waals surface area contributed by atoms with Crippen molar-refractivity contribution in [1.82, 2.24) is 4.90 Å². The number of carbonyl (C=O) groups is 3. The van der Waals surface area contributed by atoms with Crippen LogP contribution in [0.15, 0.2) is 72.8 Å². The van der Waals surface area contributed by atoms with Crippen LogP contribution >= 0.6 is 27.7 Å². The molecule has 37 heavy (non-hydrogen) atoms. The van der Waals surface area contributed by atoms with Gasteiger partial charge in [-0.05, 0) is 59.7 Å². The molecule has 0 unspecified atom stereocenters. The van der Waals surface area contributed by atoms with Gasteiger partial charge in [0.25, 0.3) is 0 Å². The SMILES string of the molecule is CSCC[C@H](C(=O)Nc1ccc(C)cc1)N1C(=O)[C@H]2C3c4ccccc4C(Br)(c4ccccc43)[C@H]2C1=O. The Morgan fingerprint density at radius 1 is 0.973 bits per heavy atom. The Labute approximate surface area is 229 Å². The van der Waals surface area contributed by atoms with Gasteiger partial charge in [-0.1, -0.05) is 82.2 Å². The normalized spacial score (nSPS) is 25.9. The van der Waals surface area contributed by atoms with Gasteiger partial charge in [-0.15, -0.1) is 0 Å². The van der Waals surface area contributed by atoms with Crippen LogP contribution in [0.3, 0.4) is 0 Å². The van der Waals surface area contributed by atoms with Crippen LogP contribution < -0.4 is 5.32 Å². The lowest BCUT2D eigenvalue weighted by Gasteiger charge is -2.51. The summed E-state index contributed by atoms with van der Waals surface area (Å²) in [6.45, 7) is 1.98. The zero-order valence-corrected chi connectivity index (χ0v) is 23.0. The first-order valence-corrected chi connectivity index (χ1v) is 14.7. The van der Waals surface area contributed by atoms with E-state index in [4.69, 9.17) is 0 Å². The zero-order chi connectivity index (χ0) is 25.9. The van der Waals surface area contributed by atoms with Gasteiger partial charge in [0.05, 0.1) is 16.2 Å². The van der Waals surface area contributed by atoms with E-state index >= 15 is 0 Å². The molecule has 7 rings (SSSR count). The van der Waals surface area contributed by atoms with Crippen LogP contribution in [0.2, 0.25) is 0 Å². The van der Waals surface area contributed by atoms with Gasteiger partial charge in [-0.3, -0.25) is 19.3 Å². The topological polar surface area (TPSA) is 66.5 Å². The number of hydrogen-bond acceptors (Lipinski definition) is 4. The summed E-state index contributed by atoms with van der Waals surface area (Å²) < 4.78 is -0.821. The lowest BCUT2D eigenvalue weighted by atomic mass is 9.55. The molecular formula is C30H27BrN2O3S. The van der Waals surface area contributed by atoms with Crippen LogP contribution in [0.5, 0.6) is 0 Å². The quantitative estimate of drug-likeness (QED) is 0.314. The highest BCUT2D eigenvalue weighted by Gasteiger charge is 2.68. The van der Waals surface area contributed by atoms with Crippen molar-refractivity contribution in [2.75, 3.05) is 17.3 Å². The lowest BCUT2D eigenvalue weighted by Crippen LogP contribution is -2.50. The van der Waals surface area contributed by atoms with E-state index in [1.807, 2.05) is 61.7 Å². The Kier molecular flexibility index (Phi) is 6.03. The fraction of sp³-hybridized carbons (Fsp3) is 0.300. The average Bonchev–Trinajstić information content (AvgIpc) is 3.17. The molecule has 188 valence electrons. The van der Waals surface area contributed by atoms with Gasteiger partial charge in [-0.25, -0.2) is 0 Å². The molecule has 1 saturated heterocycles. The highest BCUT2D eigenvalue weighted by Crippen LogP contribution is 2.66. The van der Waals surface area contributed by atoms with E-state index in [1.165, 1.54) is 4.90 Å². The van der Waals surface area contributed by atoms with Crippen molar-refractivity contribution in [1.29, 1.82) is 0 Å². The van der Waals surface area contributed by atoms with Crippen molar-refractivity contribution < 1.29 is 14.4 Å². The summed E-state index contributed by atoms with van der Waals surface area (Å²) in [5.41, 5.74) is 5.96. The molecule has 3 atom stereocenters. The van der Waals surface area contributed by atoms with Gasteiger partial charge in [-0.2, -0.15) is 11.8 Å². The third-order valence-corrected chi connectivity index (χ3v) is 10.1. The van der Waals surface area contributed by atoms with Crippen molar-refractivity contribution in [3.05, 3.63) is 101 Å². The average molecular weight is 576 g/mol. The van der Waals surface area contributed by atoms with Crippen LogP contribution in [0.25, 0.3) is 0 Å². The van der Waals surface area contributed by atoms with Crippen LogP contribution in [-0.4, -0.2) is 40.7 Å². The fourth-order valence-corrected chi connectivity index (χ4v) is 8.14. The van der Waals surface area contributed by atoms with E-state index < -0.39 is 22.2 Å². The smallest absolute Gasteiger partial charge is 0.247 e. The summed E-state index contributed by atoms with van der Waals surface area (Å²) in [5.74, 6) is -1.59. The first kappa shape index (κ1) is 24.4. The number of nitrogens with zero attached hydrogens (tertiary/aromatic N) is 1. The molecule has 5 nitrogen and oxygen atoms in total. The highest BCUT2D eigenvalue weighted by molar-refractivity contribution is 9.09. The third-order valence-electron chi connectivity index (χ3n) is 8.08. The second kappa shape index (κ2) is 9.14. The summed E-state index contributed by atoms with van der Waals surface area (Å²) in [6.07, 6.45) is 2.36. The Hall–Kier alpha value is -2.90. The number of likely N-dealkylation sites (tertiary alicyclic amines) is 1. The van der Waals surface area contributed by atoms with Gasteiger partial charge >= 0.3 is 0 Å². The summed E-state index contributed by atoms with van der Waals surface area (Å²) in [5, 5.41) is 2.95. The van der Waals surface area contributed by atoms with Crippen molar-refractivity contribution in [2.45, 2.75) is 29.6 Å². The van der Waals surface area contributed by atoms with Crippen molar-refractivity contribution in [3.63, 3.8) is 0 Å². The van der Waals surface area contributed by atoms with E-state index in [0.29, 0.717) is 17.9 Å². The first-order valence-electron chi connectivity index (χ1n) is 12.5. The van der Waals surface area contributed by atoms with Crippen LogP contribution in [0.4, 0.5) is 5.69 Å². The number of aryl methyl sites for hydroxylation is 1. The van der Waals surface area contributed by atoms with Gasteiger partial charge < -0.3 is 5.32 Å². The maximum atomic E-state index is 14.3. The van der Waals surface area contributed by atoms with Crippen molar-refractivity contribution in [2.24, 2.45) is 11.8 Å². The number of thioether (sulfide) groups is 1. The molecule has 3 aromatic carbocycles. The largest absolute Gasteiger partial charge is 0.324 e.